The highest BCUT2D eigenvalue weighted by molar-refractivity contribution is 14.0. The van der Waals surface area contributed by atoms with Crippen LogP contribution in [0.4, 0.5) is 4.39 Å². The van der Waals surface area contributed by atoms with E-state index in [0.29, 0.717) is 18.5 Å². The second kappa shape index (κ2) is 7.80. The van der Waals surface area contributed by atoms with Gasteiger partial charge in [-0.25, -0.2) is 4.39 Å². The molecule has 1 aromatic heterocycles. The number of halogens is 2. The van der Waals surface area contributed by atoms with Crippen molar-refractivity contribution in [2.75, 3.05) is 6.54 Å². The molecular formula is C16H22FIN4. The van der Waals surface area contributed by atoms with Crippen molar-refractivity contribution < 1.29 is 4.39 Å². The number of aromatic nitrogens is 1. The van der Waals surface area contributed by atoms with Gasteiger partial charge in [0, 0.05) is 29.7 Å². The average molecular weight is 416 g/mol. The number of aromatic amines is 1. The zero-order valence-corrected chi connectivity index (χ0v) is 14.8. The van der Waals surface area contributed by atoms with Gasteiger partial charge in [0.25, 0.3) is 0 Å². The van der Waals surface area contributed by atoms with Crippen molar-refractivity contribution in [2.24, 2.45) is 10.7 Å². The molecule has 0 radical (unpaired) electrons. The fourth-order valence-corrected chi connectivity index (χ4v) is 2.99. The highest BCUT2D eigenvalue weighted by Gasteiger charge is 2.14. The number of hydrogen-bond acceptors (Lipinski definition) is 1. The largest absolute Gasteiger partial charge is 0.370 e. The maximum atomic E-state index is 13.1. The van der Waals surface area contributed by atoms with Gasteiger partial charge in [-0.2, -0.15) is 0 Å². The van der Waals surface area contributed by atoms with E-state index in [1.165, 1.54) is 37.8 Å². The summed E-state index contributed by atoms with van der Waals surface area (Å²) in [7, 11) is 0. The Balaban J connectivity index is 0.00000176. The molecule has 6 heteroatoms. The monoisotopic (exact) mass is 416 g/mol. The number of rotatable bonds is 4. The van der Waals surface area contributed by atoms with Gasteiger partial charge in [-0.3, -0.25) is 4.99 Å². The summed E-state index contributed by atoms with van der Waals surface area (Å²) in [5.41, 5.74) is 7.87. The van der Waals surface area contributed by atoms with Crippen LogP contribution in [-0.2, 0) is 6.42 Å². The lowest BCUT2D eigenvalue weighted by Crippen LogP contribution is -2.38. The van der Waals surface area contributed by atoms with Crippen LogP contribution in [0, 0.1) is 5.82 Å². The standard InChI is InChI=1S/C16H21FN4.HI/c17-12-5-6-14-11(10-20-15(14)9-12)7-8-19-16(18)21-13-3-1-2-4-13;/h5-6,9-10,13,20H,1-4,7-8H2,(H3,18,19,21);1H. The SMILES string of the molecule is I.NC(=NCCc1c[nH]c2cc(F)ccc12)NC1CCCC1. The van der Waals surface area contributed by atoms with Crippen molar-refractivity contribution >= 4 is 40.8 Å². The first-order valence-corrected chi connectivity index (χ1v) is 7.54. The molecule has 1 aliphatic rings. The minimum absolute atomic E-state index is 0. The summed E-state index contributed by atoms with van der Waals surface area (Å²) in [5.74, 6) is 0.312. The lowest BCUT2D eigenvalue weighted by Gasteiger charge is -2.12. The first kappa shape index (κ1) is 17.1. The van der Waals surface area contributed by atoms with Gasteiger partial charge < -0.3 is 16.0 Å². The molecule has 120 valence electrons. The fourth-order valence-electron chi connectivity index (χ4n) is 2.99. The Morgan fingerprint density at radius 2 is 2.14 bits per heavy atom. The second-order valence-electron chi connectivity index (χ2n) is 5.65. The Morgan fingerprint density at radius 1 is 1.36 bits per heavy atom. The van der Waals surface area contributed by atoms with E-state index in [1.54, 1.807) is 6.07 Å². The van der Waals surface area contributed by atoms with Gasteiger partial charge in [-0.1, -0.05) is 12.8 Å². The van der Waals surface area contributed by atoms with E-state index in [4.69, 9.17) is 5.73 Å². The molecule has 0 saturated heterocycles. The van der Waals surface area contributed by atoms with Crippen molar-refractivity contribution in [3.05, 3.63) is 35.8 Å². The summed E-state index contributed by atoms with van der Waals surface area (Å²) >= 11 is 0. The van der Waals surface area contributed by atoms with Crippen molar-refractivity contribution in [3.63, 3.8) is 0 Å². The number of hydrogen-bond donors (Lipinski definition) is 3. The van der Waals surface area contributed by atoms with E-state index >= 15 is 0 Å². The Kier molecular flexibility index (Phi) is 6.05. The molecule has 0 aliphatic heterocycles. The van der Waals surface area contributed by atoms with Crippen LogP contribution in [0.15, 0.2) is 29.4 Å². The zero-order valence-electron chi connectivity index (χ0n) is 12.4. The lowest BCUT2D eigenvalue weighted by molar-refractivity contribution is 0.625. The highest BCUT2D eigenvalue weighted by atomic mass is 127. The average Bonchev–Trinajstić information content (AvgIpc) is 3.08. The van der Waals surface area contributed by atoms with Crippen LogP contribution in [0.3, 0.4) is 0 Å². The molecule has 1 aliphatic carbocycles. The van der Waals surface area contributed by atoms with Crippen molar-refractivity contribution in [1.82, 2.24) is 10.3 Å². The fraction of sp³-hybridized carbons (Fsp3) is 0.438. The maximum Gasteiger partial charge on any atom is 0.188 e. The quantitative estimate of drug-likeness (QED) is 0.407. The van der Waals surface area contributed by atoms with Crippen molar-refractivity contribution in [2.45, 2.75) is 38.1 Å². The van der Waals surface area contributed by atoms with Crippen LogP contribution in [0.5, 0.6) is 0 Å². The molecule has 1 saturated carbocycles. The van der Waals surface area contributed by atoms with Gasteiger partial charge in [0.2, 0.25) is 0 Å². The Hall–Kier alpha value is -1.31. The number of benzene rings is 1. The molecule has 1 fully saturated rings. The zero-order chi connectivity index (χ0) is 14.7. The number of fused-ring (bicyclic) bond motifs is 1. The number of H-pyrrole nitrogens is 1. The minimum Gasteiger partial charge on any atom is -0.370 e. The van der Waals surface area contributed by atoms with Crippen LogP contribution >= 0.6 is 24.0 Å². The molecule has 4 N–H and O–H groups in total. The number of aliphatic imine (C=N–C) groups is 1. The van der Waals surface area contributed by atoms with E-state index in [0.717, 1.165) is 22.9 Å². The first-order chi connectivity index (χ1) is 10.2. The lowest BCUT2D eigenvalue weighted by atomic mass is 10.1. The van der Waals surface area contributed by atoms with Crippen molar-refractivity contribution in [1.29, 1.82) is 0 Å². The van der Waals surface area contributed by atoms with E-state index in [9.17, 15) is 4.39 Å². The summed E-state index contributed by atoms with van der Waals surface area (Å²) in [6, 6.07) is 5.29. The predicted molar refractivity (Wildman–Crippen MR) is 99.3 cm³/mol. The van der Waals surface area contributed by atoms with Gasteiger partial charge in [0.15, 0.2) is 5.96 Å². The molecular weight excluding hydrogens is 394 g/mol. The predicted octanol–water partition coefficient (Wildman–Crippen LogP) is 3.31. The van der Waals surface area contributed by atoms with Crippen LogP contribution in [-0.4, -0.2) is 23.5 Å². The summed E-state index contributed by atoms with van der Waals surface area (Å²) in [5, 5.41) is 4.32. The third-order valence-corrected chi connectivity index (χ3v) is 4.10. The van der Waals surface area contributed by atoms with Crippen molar-refractivity contribution in [3.8, 4) is 0 Å². The van der Waals surface area contributed by atoms with Gasteiger partial charge >= 0.3 is 0 Å². The second-order valence-corrected chi connectivity index (χ2v) is 5.65. The Morgan fingerprint density at radius 3 is 2.91 bits per heavy atom. The molecule has 0 spiro atoms. The summed E-state index contributed by atoms with van der Waals surface area (Å²) < 4.78 is 13.1. The molecule has 0 amide bonds. The molecule has 1 heterocycles. The topological polar surface area (TPSA) is 66.2 Å². The Labute approximate surface area is 146 Å². The molecule has 0 unspecified atom stereocenters. The van der Waals surface area contributed by atoms with Gasteiger partial charge in [0.1, 0.15) is 5.82 Å². The normalized spacial score (nSPS) is 16.0. The number of nitrogens with zero attached hydrogens (tertiary/aromatic N) is 1. The first-order valence-electron chi connectivity index (χ1n) is 7.54. The number of guanidine groups is 1. The number of nitrogens with two attached hydrogens (primary N) is 1. The van der Waals surface area contributed by atoms with E-state index in [-0.39, 0.29) is 29.8 Å². The highest BCUT2D eigenvalue weighted by Crippen LogP contribution is 2.20. The summed E-state index contributed by atoms with van der Waals surface area (Å²) in [6.45, 7) is 0.635. The molecule has 4 nitrogen and oxygen atoms in total. The van der Waals surface area contributed by atoms with E-state index in [2.05, 4.69) is 15.3 Å². The van der Waals surface area contributed by atoms with Gasteiger partial charge in [-0.15, -0.1) is 24.0 Å². The van der Waals surface area contributed by atoms with E-state index < -0.39 is 0 Å². The molecule has 3 rings (SSSR count). The van der Waals surface area contributed by atoms with Crippen LogP contribution < -0.4 is 11.1 Å². The molecule has 0 atom stereocenters. The van der Waals surface area contributed by atoms with Crippen LogP contribution in [0.1, 0.15) is 31.2 Å². The molecule has 22 heavy (non-hydrogen) atoms. The van der Waals surface area contributed by atoms with Crippen LogP contribution in [0.25, 0.3) is 10.9 Å². The molecule has 2 aromatic rings. The van der Waals surface area contributed by atoms with Crippen LogP contribution in [0.2, 0.25) is 0 Å². The van der Waals surface area contributed by atoms with Gasteiger partial charge in [0.05, 0.1) is 0 Å². The third kappa shape index (κ3) is 4.12. The summed E-state index contributed by atoms with van der Waals surface area (Å²) in [6.07, 6.45) is 7.63. The maximum absolute atomic E-state index is 13.1. The van der Waals surface area contributed by atoms with E-state index in [1.807, 2.05) is 6.20 Å². The number of nitrogens with one attached hydrogen (secondary N) is 2. The molecule has 1 aromatic carbocycles. The molecule has 0 bridgehead atoms. The minimum atomic E-state index is -0.223. The van der Waals surface area contributed by atoms with Gasteiger partial charge in [-0.05, 0) is 43.0 Å². The third-order valence-electron chi connectivity index (χ3n) is 4.10. The Bertz CT molecular complexity index is 647. The summed E-state index contributed by atoms with van der Waals surface area (Å²) in [4.78, 5) is 7.47. The smallest absolute Gasteiger partial charge is 0.188 e.